The molecule has 4 N–H and O–H groups in total. The standard InChI is InChI=1S/C10H15N3O3S/c11-10(13-14)7-4-8-12-17(15,16)9-5-2-1-3-6-9/h1-3,5-6,12,14H,4,7-8H2,(H2,11,13). The fraction of sp³-hybridized carbons (Fsp3) is 0.300. The van der Waals surface area contributed by atoms with Crippen LogP contribution >= 0.6 is 0 Å². The van der Waals surface area contributed by atoms with Crippen LogP contribution in [0.3, 0.4) is 0 Å². The van der Waals surface area contributed by atoms with Crippen molar-refractivity contribution in [2.24, 2.45) is 10.9 Å². The molecule has 1 aromatic rings. The molecule has 0 aliphatic carbocycles. The van der Waals surface area contributed by atoms with Gasteiger partial charge in [0.2, 0.25) is 10.0 Å². The number of sulfonamides is 1. The largest absolute Gasteiger partial charge is 0.409 e. The molecule has 1 aromatic carbocycles. The zero-order valence-electron chi connectivity index (χ0n) is 9.20. The average molecular weight is 257 g/mol. The molecular formula is C10H15N3O3S. The Morgan fingerprint density at radius 3 is 2.59 bits per heavy atom. The molecule has 0 saturated carbocycles. The van der Waals surface area contributed by atoms with Crippen LogP contribution in [-0.2, 0) is 10.0 Å². The van der Waals surface area contributed by atoms with Gasteiger partial charge in [0.15, 0.2) is 0 Å². The van der Waals surface area contributed by atoms with Crippen LogP contribution < -0.4 is 10.5 Å². The minimum Gasteiger partial charge on any atom is -0.409 e. The molecule has 0 aliphatic heterocycles. The van der Waals surface area contributed by atoms with Gasteiger partial charge < -0.3 is 10.9 Å². The van der Waals surface area contributed by atoms with Gasteiger partial charge in [-0.05, 0) is 18.6 Å². The van der Waals surface area contributed by atoms with Crippen molar-refractivity contribution in [1.29, 1.82) is 0 Å². The molecule has 0 fully saturated rings. The van der Waals surface area contributed by atoms with E-state index in [0.717, 1.165) is 0 Å². The highest BCUT2D eigenvalue weighted by molar-refractivity contribution is 7.89. The Bertz CT molecular complexity index is 471. The SMILES string of the molecule is NC(CCCNS(=O)(=O)c1ccccc1)=NO. The van der Waals surface area contributed by atoms with E-state index in [0.29, 0.717) is 12.8 Å². The summed E-state index contributed by atoms with van der Waals surface area (Å²) < 4.78 is 25.9. The lowest BCUT2D eigenvalue weighted by Gasteiger charge is -2.05. The van der Waals surface area contributed by atoms with E-state index in [4.69, 9.17) is 10.9 Å². The molecule has 1 rings (SSSR count). The predicted molar refractivity (Wildman–Crippen MR) is 64.3 cm³/mol. The molecule has 0 atom stereocenters. The van der Waals surface area contributed by atoms with Gasteiger partial charge in [0.05, 0.1) is 4.90 Å². The summed E-state index contributed by atoms with van der Waals surface area (Å²) in [5.41, 5.74) is 5.26. The van der Waals surface area contributed by atoms with Crippen molar-refractivity contribution in [3.8, 4) is 0 Å². The summed E-state index contributed by atoms with van der Waals surface area (Å²) >= 11 is 0. The smallest absolute Gasteiger partial charge is 0.240 e. The van der Waals surface area contributed by atoms with Crippen molar-refractivity contribution in [2.75, 3.05) is 6.54 Å². The lowest BCUT2D eigenvalue weighted by atomic mass is 10.3. The van der Waals surface area contributed by atoms with E-state index >= 15 is 0 Å². The van der Waals surface area contributed by atoms with Gasteiger partial charge in [-0.3, -0.25) is 0 Å². The Hall–Kier alpha value is -1.60. The zero-order chi connectivity index (χ0) is 12.7. The first kappa shape index (κ1) is 13.5. The number of rotatable bonds is 6. The summed E-state index contributed by atoms with van der Waals surface area (Å²) in [4.78, 5) is 0.226. The maximum absolute atomic E-state index is 11.7. The molecule has 0 amide bonds. The second-order valence-corrected chi connectivity index (χ2v) is 5.17. The third-order valence-corrected chi connectivity index (χ3v) is 3.56. The second-order valence-electron chi connectivity index (χ2n) is 3.41. The monoisotopic (exact) mass is 257 g/mol. The highest BCUT2D eigenvalue weighted by atomic mass is 32.2. The summed E-state index contributed by atoms with van der Waals surface area (Å²) in [6.45, 7) is 0.243. The number of amidine groups is 1. The van der Waals surface area contributed by atoms with Crippen molar-refractivity contribution in [3.63, 3.8) is 0 Å². The molecule has 6 nitrogen and oxygen atoms in total. The van der Waals surface area contributed by atoms with Crippen molar-refractivity contribution in [3.05, 3.63) is 30.3 Å². The number of nitrogens with zero attached hydrogens (tertiary/aromatic N) is 1. The number of hydrogen-bond donors (Lipinski definition) is 3. The minimum absolute atomic E-state index is 0.0870. The van der Waals surface area contributed by atoms with E-state index in [-0.39, 0.29) is 17.3 Å². The second kappa shape index (κ2) is 6.21. The van der Waals surface area contributed by atoms with E-state index in [2.05, 4.69) is 9.88 Å². The van der Waals surface area contributed by atoms with Crippen LogP contribution in [0.15, 0.2) is 40.4 Å². The first-order valence-electron chi connectivity index (χ1n) is 5.07. The number of oxime groups is 1. The fourth-order valence-electron chi connectivity index (χ4n) is 1.21. The van der Waals surface area contributed by atoms with Crippen LogP contribution in [0.5, 0.6) is 0 Å². The molecule has 0 saturated heterocycles. The van der Waals surface area contributed by atoms with Crippen molar-refractivity contribution in [2.45, 2.75) is 17.7 Å². The Balaban J connectivity index is 2.47. The van der Waals surface area contributed by atoms with Gasteiger partial charge >= 0.3 is 0 Å². The molecule has 94 valence electrons. The average Bonchev–Trinajstić information content (AvgIpc) is 2.35. The summed E-state index contributed by atoms with van der Waals surface area (Å²) in [6, 6.07) is 8.10. The van der Waals surface area contributed by atoms with E-state index < -0.39 is 10.0 Å². The van der Waals surface area contributed by atoms with Crippen molar-refractivity contribution in [1.82, 2.24) is 4.72 Å². The van der Waals surface area contributed by atoms with Crippen LogP contribution in [0.4, 0.5) is 0 Å². The molecule has 0 spiro atoms. The lowest BCUT2D eigenvalue weighted by molar-refractivity contribution is 0.316. The van der Waals surface area contributed by atoms with E-state index in [1.807, 2.05) is 0 Å². The molecule has 0 aliphatic rings. The molecule has 0 unspecified atom stereocenters. The molecule has 7 heteroatoms. The summed E-state index contributed by atoms with van der Waals surface area (Å²) in [7, 11) is -3.46. The summed E-state index contributed by atoms with van der Waals surface area (Å²) in [5.74, 6) is 0.0870. The first-order valence-corrected chi connectivity index (χ1v) is 6.55. The maximum Gasteiger partial charge on any atom is 0.240 e. The normalized spacial score (nSPS) is 12.6. The van der Waals surface area contributed by atoms with Crippen molar-refractivity contribution < 1.29 is 13.6 Å². The highest BCUT2D eigenvalue weighted by Gasteiger charge is 2.11. The van der Waals surface area contributed by atoms with Crippen molar-refractivity contribution >= 4 is 15.9 Å². The molecule has 17 heavy (non-hydrogen) atoms. The van der Waals surface area contributed by atoms with Crippen LogP contribution in [-0.4, -0.2) is 26.0 Å². The van der Waals surface area contributed by atoms with Gasteiger partial charge in [0.25, 0.3) is 0 Å². The van der Waals surface area contributed by atoms with Gasteiger partial charge in [-0.15, -0.1) is 0 Å². The van der Waals surface area contributed by atoms with Gasteiger partial charge in [0, 0.05) is 13.0 Å². The molecule has 0 bridgehead atoms. The van der Waals surface area contributed by atoms with Crippen LogP contribution in [0.25, 0.3) is 0 Å². The lowest BCUT2D eigenvalue weighted by Crippen LogP contribution is -2.25. The third kappa shape index (κ3) is 4.41. The fourth-order valence-corrected chi connectivity index (χ4v) is 2.30. The van der Waals surface area contributed by atoms with Crippen LogP contribution in [0.2, 0.25) is 0 Å². The molecule has 0 heterocycles. The molecular weight excluding hydrogens is 242 g/mol. The Labute approximate surface area is 100 Å². The molecule has 0 aromatic heterocycles. The zero-order valence-corrected chi connectivity index (χ0v) is 10.0. The summed E-state index contributed by atoms with van der Waals surface area (Å²) in [5, 5.41) is 11.1. The quantitative estimate of drug-likeness (QED) is 0.227. The predicted octanol–water partition coefficient (Wildman–Crippen LogP) is 0.491. The molecule has 0 radical (unpaired) electrons. The number of benzene rings is 1. The summed E-state index contributed by atoms with van der Waals surface area (Å²) in [6.07, 6.45) is 0.815. The van der Waals surface area contributed by atoms with E-state index in [1.54, 1.807) is 18.2 Å². The topological polar surface area (TPSA) is 105 Å². The Kier molecular flexibility index (Phi) is 4.92. The first-order chi connectivity index (χ1) is 8.06. The number of nitrogens with one attached hydrogen (secondary N) is 1. The van der Waals surface area contributed by atoms with Gasteiger partial charge in [-0.1, -0.05) is 23.4 Å². The van der Waals surface area contributed by atoms with Gasteiger partial charge in [0.1, 0.15) is 5.84 Å². The van der Waals surface area contributed by atoms with Crippen LogP contribution in [0.1, 0.15) is 12.8 Å². The van der Waals surface area contributed by atoms with E-state index in [9.17, 15) is 8.42 Å². The third-order valence-electron chi connectivity index (χ3n) is 2.08. The van der Waals surface area contributed by atoms with Gasteiger partial charge in [-0.2, -0.15) is 0 Å². The number of hydrogen-bond acceptors (Lipinski definition) is 4. The Morgan fingerprint density at radius 1 is 1.35 bits per heavy atom. The highest BCUT2D eigenvalue weighted by Crippen LogP contribution is 2.06. The Morgan fingerprint density at radius 2 is 2.00 bits per heavy atom. The maximum atomic E-state index is 11.7. The number of nitrogens with two attached hydrogens (primary N) is 1. The van der Waals surface area contributed by atoms with E-state index in [1.165, 1.54) is 12.1 Å². The minimum atomic E-state index is -3.46. The van der Waals surface area contributed by atoms with Gasteiger partial charge in [-0.25, -0.2) is 13.1 Å². The van der Waals surface area contributed by atoms with Crippen LogP contribution in [0, 0.1) is 0 Å².